The molecular formula is C16H16FN5OS. The van der Waals surface area contributed by atoms with E-state index in [1.165, 1.54) is 11.3 Å². The van der Waals surface area contributed by atoms with Crippen LogP contribution in [-0.4, -0.2) is 32.4 Å². The number of hydrogen-bond acceptors (Lipinski definition) is 5. The first kappa shape index (κ1) is 14.3. The molecule has 0 spiro atoms. The first-order chi connectivity index (χ1) is 11.6. The van der Waals surface area contributed by atoms with Gasteiger partial charge in [-0.05, 0) is 25.8 Å². The highest BCUT2D eigenvalue weighted by Crippen LogP contribution is 2.44. The second-order valence-corrected chi connectivity index (χ2v) is 7.73. The van der Waals surface area contributed by atoms with Crippen molar-refractivity contribution in [1.82, 2.24) is 25.5 Å². The fourth-order valence-corrected chi connectivity index (χ4v) is 5.06. The van der Waals surface area contributed by atoms with E-state index < -0.39 is 6.17 Å². The molecule has 3 aromatic heterocycles. The van der Waals surface area contributed by atoms with E-state index >= 15 is 0 Å². The first-order valence-corrected chi connectivity index (χ1v) is 8.86. The molecule has 5 rings (SSSR count). The maximum absolute atomic E-state index is 14.0. The number of halogens is 1. The molecule has 3 aromatic rings. The minimum absolute atomic E-state index is 0.0928. The van der Waals surface area contributed by atoms with Gasteiger partial charge in [-0.3, -0.25) is 9.89 Å². The number of alkyl halides is 1. The van der Waals surface area contributed by atoms with Gasteiger partial charge in [0.2, 0.25) is 0 Å². The number of hydrogen-bond donors (Lipinski definition) is 3. The summed E-state index contributed by atoms with van der Waals surface area (Å²) in [5, 5.41) is 10.3. The third-order valence-electron chi connectivity index (χ3n) is 5.17. The van der Waals surface area contributed by atoms with Crippen molar-refractivity contribution in [2.75, 3.05) is 0 Å². The molecule has 2 aliphatic rings. The predicted octanol–water partition coefficient (Wildman–Crippen LogP) is 2.44. The van der Waals surface area contributed by atoms with Crippen LogP contribution in [0, 0.1) is 12.8 Å². The fraction of sp³-hybridized carbons (Fsp3) is 0.438. The zero-order chi connectivity index (χ0) is 16.4. The van der Waals surface area contributed by atoms with Gasteiger partial charge in [0.1, 0.15) is 16.7 Å². The summed E-state index contributed by atoms with van der Waals surface area (Å²) in [5.41, 5.74) is 2.43. The van der Waals surface area contributed by atoms with Crippen LogP contribution < -0.4 is 10.9 Å². The van der Waals surface area contributed by atoms with Crippen LogP contribution >= 0.6 is 11.3 Å². The lowest BCUT2D eigenvalue weighted by Crippen LogP contribution is -2.36. The van der Waals surface area contributed by atoms with E-state index in [9.17, 15) is 9.18 Å². The molecule has 4 atom stereocenters. The Balaban J connectivity index is 1.60. The predicted molar refractivity (Wildman–Crippen MR) is 89.8 cm³/mol. The van der Waals surface area contributed by atoms with Crippen LogP contribution in [-0.2, 0) is 0 Å². The average Bonchev–Trinajstić information content (AvgIpc) is 3.28. The maximum atomic E-state index is 14.0. The molecule has 0 amide bonds. The van der Waals surface area contributed by atoms with Gasteiger partial charge in [0.05, 0.1) is 17.8 Å². The van der Waals surface area contributed by atoms with E-state index in [4.69, 9.17) is 0 Å². The van der Waals surface area contributed by atoms with Gasteiger partial charge in [0.25, 0.3) is 5.56 Å². The molecule has 24 heavy (non-hydrogen) atoms. The molecular weight excluding hydrogens is 329 g/mol. The number of H-pyrrole nitrogens is 2. The normalized spacial score (nSPS) is 28.9. The monoisotopic (exact) mass is 345 g/mol. The summed E-state index contributed by atoms with van der Waals surface area (Å²) in [6.45, 7) is 1.94. The van der Waals surface area contributed by atoms with Crippen LogP contribution in [0.3, 0.4) is 0 Å². The molecule has 8 heteroatoms. The molecule has 1 aliphatic heterocycles. The van der Waals surface area contributed by atoms with E-state index in [1.807, 2.05) is 13.0 Å². The fourth-order valence-electron chi connectivity index (χ4n) is 4.00. The Hall–Kier alpha value is -2.06. The third kappa shape index (κ3) is 1.99. The van der Waals surface area contributed by atoms with Gasteiger partial charge < -0.3 is 10.3 Å². The molecule has 2 fully saturated rings. The number of piperidine rings is 1. The lowest BCUT2D eigenvalue weighted by atomic mass is 9.97. The van der Waals surface area contributed by atoms with Crippen molar-refractivity contribution in [2.24, 2.45) is 5.92 Å². The molecule has 0 radical (unpaired) electrons. The van der Waals surface area contributed by atoms with E-state index in [1.54, 1.807) is 6.20 Å². The highest BCUT2D eigenvalue weighted by Gasteiger charge is 2.48. The number of fused-ring (bicyclic) bond motifs is 3. The number of aromatic nitrogens is 4. The lowest BCUT2D eigenvalue weighted by Gasteiger charge is -2.24. The number of nitrogens with zero attached hydrogens (tertiary/aromatic N) is 2. The van der Waals surface area contributed by atoms with Crippen molar-refractivity contribution >= 4 is 21.6 Å². The van der Waals surface area contributed by atoms with Crippen molar-refractivity contribution in [2.45, 2.75) is 38.0 Å². The highest BCUT2D eigenvalue weighted by molar-refractivity contribution is 7.22. The Morgan fingerprint density at radius 1 is 1.38 bits per heavy atom. The second-order valence-electron chi connectivity index (χ2n) is 6.68. The average molecular weight is 345 g/mol. The Labute approximate surface area is 140 Å². The van der Waals surface area contributed by atoms with Crippen molar-refractivity contribution < 1.29 is 4.39 Å². The van der Waals surface area contributed by atoms with Crippen molar-refractivity contribution in [1.29, 1.82) is 0 Å². The molecule has 124 valence electrons. The number of aromatic amines is 2. The van der Waals surface area contributed by atoms with Gasteiger partial charge >= 0.3 is 0 Å². The number of rotatable bonds is 2. The molecule has 1 saturated carbocycles. The minimum atomic E-state index is -0.811. The van der Waals surface area contributed by atoms with Crippen molar-refractivity contribution in [3.8, 4) is 10.4 Å². The summed E-state index contributed by atoms with van der Waals surface area (Å²) in [7, 11) is 0. The SMILES string of the molecule is Cc1[nH]ncc1-c1cc2nc([C@H]3NC4CC3[C@@H](F)C4)[nH]c(=O)c2s1. The minimum Gasteiger partial charge on any atom is -0.308 e. The van der Waals surface area contributed by atoms with Gasteiger partial charge in [0, 0.05) is 28.1 Å². The molecule has 2 unspecified atom stereocenters. The van der Waals surface area contributed by atoms with Crippen LogP contribution in [0.15, 0.2) is 17.1 Å². The molecule has 3 N–H and O–H groups in total. The van der Waals surface area contributed by atoms with Crippen LogP contribution in [0.1, 0.15) is 30.4 Å². The van der Waals surface area contributed by atoms with Crippen LogP contribution in [0.4, 0.5) is 4.39 Å². The lowest BCUT2D eigenvalue weighted by molar-refractivity contribution is 0.196. The summed E-state index contributed by atoms with van der Waals surface area (Å²) in [5.74, 6) is 0.459. The number of aryl methyl sites for hydroxylation is 1. The van der Waals surface area contributed by atoms with Gasteiger partial charge in [0.15, 0.2) is 0 Å². The molecule has 2 bridgehead atoms. The van der Waals surface area contributed by atoms with Gasteiger partial charge in [-0.1, -0.05) is 0 Å². The summed E-state index contributed by atoms with van der Waals surface area (Å²) in [6, 6.07) is 1.91. The Morgan fingerprint density at radius 3 is 2.96 bits per heavy atom. The van der Waals surface area contributed by atoms with Crippen LogP contribution in [0.5, 0.6) is 0 Å². The standard InChI is InChI=1S/C16H16FN5OS/c1-6-9(5-18-22-6)12-4-11-14(24-12)16(23)21-15(20-11)13-8-2-7(19-13)3-10(8)17/h4-5,7-8,10,13,19H,2-3H2,1H3,(H,18,22)(H,20,21,23)/t7?,8?,10-,13-/m0/s1. The van der Waals surface area contributed by atoms with E-state index in [-0.39, 0.29) is 23.6 Å². The molecule has 0 aromatic carbocycles. The zero-order valence-corrected chi connectivity index (χ0v) is 13.8. The Morgan fingerprint density at radius 2 is 2.25 bits per heavy atom. The molecule has 4 heterocycles. The zero-order valence-electron chi connectivity index (χ0n) is 13.0. The topological polar surface area (TPSA) is 86.5 Å². The number of thiophene rings is 1. The Bertz CT molecular complexity index is 992. The van der Waals surface area contributed by atoms with Crippen molar-refractivity contribution in [3.63, 3.8) is 0 Å². The smallest absolute Gasteiger partial charge is 0.268 e. The summed E-state index contributed by atoms with van der Waals surface area (Å²) >= 11 is 1.40. The summed E-state index contributed by atoms with van der Waals surface area (Å²) in [6.07, 6.45) is 2.32. The first-order valence-electron chi connectivity index (χ1n) is 8.04. The van der Waals surface area contributed by atoms with Gasteiger partial charge in [-0.2, -0.15) is 5.10 Å². The highest BCUT2D eigenvalue weighted by atomic mass is 32.1. The quantitative estimate of drug-likeness (QED) is 0.666. The maximum Gasteiger partial charge on any atom is 0.268 e. The van der Waals surface area contributed by atoms with Crippen molar-refractivity contribution in [3.05, 3.63) is 34.1 Å². The second kappa shape index (κ2) is 4.97. The number of nitrogens with one attached hydrogen (secondary N) is 3. The molecule has 6 nitrogen and oxygen atoms in total. The van der Waals surface area contributed by atoms with Crippen LogP contribution in [0.25, 0.3) is 20.7 Å². The van der Waals surface area contributed by atoms with E-state index in [2.05, 4.69) is 25.5 Å². The van der Waals surface area contributed by atoms with Gasteiger partial charge in [-0.25, -0.2) is 9.37 Å². The third-order valence-corrected chi connectivity index (χ3v) is 6.32. The van der Waals surface area contributed by atoms with E-state index in [0.717, 1.165) is 22.6 Å². The Kier molecular flexibility index (Phi) is 2.96. The molecule has 1 aliphatic carbocycles. The van der Waals surface area contributed by atoms with Crippen LogP contribution in [0.2, 0.25) is 0 Å². The summed E-state index contributed by atoms with van der Waals surface area (Å²) < 4.78 is 14.6. The molecule has 1 saturated heterocycles. The summed E-state index contributed by atoms with van der Waals surface area (Å²) in [4.78, 5) is 20.9. The van der Waals surface area contributed by atoms with Gasteiger partial charge in [-0.15, -0.1) is 11.3 Å². The van der Waals surface area contributed by atoms with E-state index in [0.29, 0.717) is 22.5 Å². The largest absolute Gasteiger partial charge is 0.308 e.